The molecule has 0 radical (unpaired) electrons. The molecule has 0 bridgehead atoms. The van der Waals surface area contributed by atoms with Crippen molar-refractivity contribution in [2.75, 3.05) is 12.4 Å². The van der Waals surface area contributed by atoms with Crippen LogP contribution < -0.4 is 10.0 Å². The summed E-state index contributed by atoms with van der Waals surface area (Å²) in [4.78, 5) is 10.0. The number of benzene rings is 2. The fourth-order valence-electron chi connectivity index (χ4n) is 3.44. The van der Waals surface area contributed by atoms with Crippen molar-refractivity contribution in [2.24, 2.45) is 0 Å². The molecule has 1 aromatic heterocycles. The maximum Gasteiger partial charge on any atom is 0.421 e. The van der Waals surface area contributed by atoms with Crippen LogP contribution >= 0.6 is 0 Å². The molecule has 10 nitrogen and oxygen atoms in total. The van der Waals surface area contributed by atoms with Crippen LogP contribution in [0.25, 0.3) is 0 Å². The first kappa shape index (κ1) is 30.6. The largest absolute Gasteiger partial charge is 0.421 e. The van der Waals surface area contributed by atoms with E-state index in [-0.39, 0.29) is 4.14 Å². The monoisotopic (exact) mass is 612 g/mol. The van der Waals surface area contributed by atoms with Gasteiger partial charge in [0.15, 0.2) is 0 Å². The van der Waals surface area contributed by atoms with Gasteiger partial charge in [-0.3, -0.25) is 0 Å². The van der Waals surface area contributed by atoms with Gasteiger partial charge in [0, 0.05) is 15.5 Å². The Labute approximate surface area is 224 Å². The molecule has 0 aliphatic rings. The van der Waals surface area contributed by atoms with Gasteiger partial charge in [-0.25, -0.2) is 15.3 Å². The molecule has 0 fully saturated rings. The van der Waals surface area contributed by atoms with Crippen LogP contribution in [0.2, 0.25) is 0 Å². The van der Waals surface area contributed by atoms with Gasteiger partial charge in [-0.2, -0.15) is 47.9 Å². The number of alkyl halides is 6. The van der Waals surface area contributed by atoms with Gasteiger partial charge in [0.05, 0.1) is 11.1 Å². The average molecular weight is 613 g/mol. The van der Waals surface area contributed by atoms with Gasteiger partial charge in [0.2, 0.25) is 0 Å². The molecule has 0 saturated heterocycles. The van der Waals surface area contributed by atoms with E-state index in [0.29, 0.717) is 42.8 Å². The third-order valence-electron chi connectivity index (χ3n) is 4.96. The van der Waals surface area contributed by atoms with E-state index in [4.69, 9.17) is 4.84 Å². The van der Waals surface area contributed by atoms with Crippen molar-refractivity contribution < 1.29 is 52.2 Å². The molecule has 0 spiro atoms. The first-order valence-corrected chi connectivity index (χ1v) is 13.7. The number of hydrogen-bond acceptors (Lipinski definition) is 7. The maximum atomic E-state index is 13.6. The summed E-state index contributed by atoms with van der Waals surface area (Å²) in [5, 5.41) is 2.19. The summed E-state index contributed by atoms with van der Waals surface area (Å²) >= 11 is 0. The van der Waals surface area contributed by atoms with Crippen LogP contribution in [-0.2, 0) is 37.2 Å². The van der Waals surface area contributed by atoms with Crippen LogP contribution in [0.15, 0.2) is 64.4 Å². The molecule has 18 heteroatoms. The number of rotatable bonds is 6. The second-order valence-electron chi connectivity index (χ2n) is 7.96. The van der Waals surface area contributed by atoms with Crippen molar-refractivity contribution in [1.29, 1.82) is 0 Å². The molecule has 3 rings (SSSR count). The minimum Gasteiger partial charge on any atom is -0.350 e. The molecule has 0 amide bonds. The second kappa shape index (κ2) is 10.9. The van der Waals surface area contributed by atoms with Crippen LogP contribution in [-0.4, -0.2) is 44.0 Å². The van der Waals surface area contributed by atoms with Gasteiger partial charge >= 0.3 is 38.4 Å². The van der Waals surface area contributed by atoms with Gasteiger partial charge in [-0.05, 0) is 44.2 Å². The quantitative estimate of drug-likeness (QED) is 0.141. The lowest BCUT2D eigenvalue weighted by molar-refractivity contribution is -0.667. The van der Waals surface area contributed by atoms with E-state index in [1.165, 1.54) is 19.9 Å². The fraction of sp³-hybridized carbons (Fsp3) is 0.227. The van der Waals surface area contributed by atoms with Crippen LogP contribution in [0.3, 0.4) is 0 Å². The van der Waals surface area contributed by atoms with Gasteiger partial charge in [-0.15, -0.1) is 0 Å². The standard InChI is InChI=1S/C22H19F6N5O5S2/c1-13-12-14(2)30-19(29-13)31-20(32-39(34,35)17-10-6-4-8-15(17)21(23,24)25)33(38-3)40(36,37)18-11-7-5-9-16(18)22(26,27)28/h4-12H,1-3H3,(H,29,30,31,32)/p+1. The van der Waals surface area contributed by atoms with Crippen molar-refractivity contribution >= 4 is 32.0 Å². The van der Waals surface area contributed by atoms with Gasteiger partial charge < -0.3 is 4.84 Å². The van der Waals surface area contributed by atoms with E-state index in [9.17, 15) is 43.2 Å². The Morgan fingerprint density at radius 2 is 1.25 bits per heavy atom. The Kier molecular flexibility index (Phi) is 8.35. The van der Waals surface area contributed by atoms with Crippen LogP contribution in [0.1, 0.15) is 22.5 Å². The van der Waals surface area contributed by atoms with Gasteiger partial charge in [0.1, 0.15) is 16.9 Å². The molecule has 3 aromatic rings. The Balaban J connectivity index is 2.32. The predicted octanol–water partition coefficient (Wildman–Crippen LogP) is 3.84. The highest BCUT2D eigenvalue weighted by atomic mass is 32.2. The van der Waals surface area contributed by atoms with Crippen LogP contribution in [0.5, 0.6) is 0 Å². The molecule has 0 aliphatic heterocycles. The summed E-state index contributed by atoms with van der Waals surface area (Å²) < 4.78 is 136. The van der Waals surface area contributed by atoms with Crippen molar-refractivity contribution in [1.82, 2.24) is 14.7 Å². The lowest BCUT2D eigenvalue weighted by Crippen LogP contribution is -2.45. The molecule has 216 valence electrons. The van der Waals surface area contributed by atoms with E-state index < -0.39 is 65.2 Å². The molecule has 0 atom stereocenters. The van der Waals surface area contributed by atoms with Gasteiger partial charge in [-0.1, -0.05) is 24.3 Å². The Hall–Kier alpha value is -3.93. The van der Waals surface area contributed by atoms with Crippen molar-refractivity contribution in [3.8, 4) is 0 Å². The highest BCUT2D eigenvalue weighted by Gasteiger charge is 2.43. The Morgan fingerprint density at radius 3 is 1.73 bits per heavy atom. The molecular weight excluding hydrogens is 592 g/mol. The molecule has 1 heterocycles. The number of nitrogens with zero attached hydrogens (tertiary/aromatic N) is 3. The number of guanidine groups is 1. The smallest absolute Gasteiger partial charge is 0.350 e. The van der Waals surface area contributed by atoms with E-state index >= 15 is 0 Å². The van der Waals surface area contributed by atoms with Crippen molar-refractivity contribution in [3.63, 3.8) is 0 Å². The zero-order valence-corrected chi connectivity index (χ0v) is 22.3. The Bertz CT molecular complexity index is 1650. The highest BCUT2D eigenvalue weighted by Crippen LogP contribution is 2.35. The first-order chi connectivity index (χ1) is 18.4. The molecule has 0 unspecified atom stereocenters. The average Bonchev–Trinajstić information content (AvgIpc) is 2.82. The normalized spacial score (nSPS) is 13.4. The van der Waals surface area contributed by atoms with E-state index in [2.05, 4.69) is 15.3 Å². The molecular formula is C22H20F6N5O5S2+. The third kappa shape index (κ3) is 6.61. The van der Waals surface area contributed by atoms with E-state index in [0.717, 1.165) is 24.3 Å². The second-order valence-corrected chi connectivity index (χ2v) is 11.3. The zero-order chi connectivity index (χ0) is 30.1. The van der Waals surface area contributed by atoms with Crippen LogP contribution in [0.4, 0.5) is 32.3 Å². The number of hydrogen-bond donors (Lipinski definition) is 2. The summed E-state index contributed by atoms with van der Waals surface area (Å²) in [5.74, 6) is -1.71. The summed E-state index contributed by atoms with van der Waals surface area (Å²) in [7, 11) is -10.0. The van der Waals surface area contributed by atoms with E-state index in [1.807, 2.05) is 0 Å². The van der Waals surface area contributed by atoms with Crippen molar-refractivity contribution in [3.05, 3.63) is 77.1 Å². The molecule has 0 saturated carbocycles. The maximum absolute atomic E-state index is 13.6. The highest BCUT2D eigenvalue weighted by molar-refractivity contribution is 7.90. The fourth-order valence-corrected chi connectivity index (χ4v) is 6.14. The third-order valence-corrected chi connectivity index (χ3v) is 8.04. The summed E-state index contributed by atoms with van der Waals surface area (Å²) in [5.41, 5.74) is -2.62. The minimum atomic E-state index is -5.41. The number of aryl methyl sites for hydroxylation is 2. The number of nitrogens with one attached hydrogen (secondary N) is 2. The van der Waals surface area contributed by atoms with E-state index in [1.54, 1.807) is 4.72 Å². The number of anilines is 1. The molecule has 0 aliphatic carbocycles. The number of aromatic nitrogens is 2. The van der Waals surface area contributed by atoms with Crippen LogP contribution in [0, 0.1) is 13.8 Å². The summed E-state index contributed by atoms with van der Waals surface area (Å²) in [6.45, 7) is 2.99. The zero-order valence-electron chi connectivity index (χ0n) is 20.7. The number of sulfonamides is 2. The first-order valence-electron chi connectivity index (χ1n) is 10.8. The minimum absolute atomic E-state index is 0.271. The lowest BCUT2D eigenvalue weighted by atomic mass is 10.2. The van der Waals surface area contributed by atoms with Gasteiger partial charge in [0.25, 0.3) is 5.95 Å². The predicted molar refractivity (Wildman–Crippen MR) is 128 cm³/mol. The molecule has 40 heavy (non-hydrogen) atoms. The van der Waals surface area contributed by atoms with Crippen molar-refractivity contribution in [2.45, 2.75) is 36.0 Å². The SMILES string of the molecule is CO[N+](=C(Nc1nc(C)cc(C)n1)NS(=O)(=O)c1ccccc1C(F)(F)F)S(=O)(=O)c1ccccc1C(F)(F)F. The Morgan fingerprint density at radius 1 is 0.800 bits per heavy atom. The topological polar surface area (TPSA) is 130 Å². The lowest BCUT2D eigenvalue weighted by Gasteiger charge is -2.16. The molecule has 2 N–H and O–H groups in total. The number of halogens is 6. The molecule has 2 aromatic carbocycles. The summed E-state index contributed by atoms with van der Waals surface area (Å²) in [6, 6.07) is 7.40. The summed E-state index contributed by atoms with van der Waals surface area (Å²) in [6.07, 6.45) is -10.3.